The van der Waals surface area contributed by atoms with Crippen molar-refractivity contribution in [1.82, 2.24) is 14.9 Å². The molecule has 0 radical (unpaired) electrons. The van der Waals surface area contributed by atoms with Gasteiger partial charge in [0.2, 0.25) is 5.91 Å². The average Bonchev–Trinajstić information content (AvgIpc) is 3.24. The van der Waals surface area contributed by atoms with E-state index in [1.807, 2.05) is 37.4 Å². The van der Waals surface area contributed by atoms with Gasteiger partial charge < -0.3 is 19.9 Å². The predicted molar refractivity (Wildman–Crippen MR) is 126 cm³/mol. The maximum atomic E-state index is 12.3. The molecule has 8 nitrogen and oxygen atoms in total. The molecule has 1 saturated heterocycles. The first-order valence-corrected chi connectivity index (χ1v) is 11.0. The fourth-order valence-electron chi connectivity index (χ4n) is 4.30. The summed E-state index contributed by atoms with van der Waals surface area (Å²) in [6.07, 6.45) is 6.49. The van der Waals surface area contributed by atoms with Crippen molar-refractivity contribution in [3.8, 4) is 16.9 Å². The summed E-state index contributed by atoms with van der Waals surface area (Å²) in [5.74, 6) is 1.40. The van der Waals surface area contributed by atoms with E-state index in [1.54, 1.807) is 42.4 Å². The molecule has 1 aromatic carbocycles. The Labute approximate surface area is 192 Å². The van der Waals surface area contributed by atoms with Crippen molar-refractivity contribution in [3.63, 3.8) is 0 Å². The van der Waals surface area contributed by atoms with E-state index in [4.69, 9.17) is 4.74 Å². The number of aromatic nitrogens is 2. The zero-order valence-corrected chi connectivity index (χ0v) is 18.8. The molecule has 3 aromatic rings. The Balaban J connectivity index is 1.42. The molecule has 2 aliphatic rings. The number of ether oxygens (including phenoxy) is 1. The van der Waals surface area contributed by atoms with Gasteiger partial charge in [-0.15, -0.1) is 0 Å². The summed E-state index contributed by atoms with van der Waals surface area (Å²) in [6.45, 7) is 2.70. The van der Waals surface area contributed by atoms with E-state index in [9.17, 15) is 9.59 Å². The van der Waals surface area contributed by atoms with Crippen LogP contribution in [0, 0.1) is 0 Å². The number of hydrogen-bond acceptors (Lipinski definition) is 6. The van der Waals surface area contributed by atoms with Gasteiger partial charge in [0.25, 0.3) is 5.91 Å². The largest absolute Gasteiger partial charge is 0.485 e. The second-order valence-corrected chi connectivity index (χ2v) is 8.53. The van der Waals surface area contributed by atoms with Crippen LogP contribution in [0.5, 0.6) is 5.75 Å². The van der Waals surface area contributed by atoms with Crippen LogP contribution in [-0.2, 0) is 4.79 Å². The number of carbonyl (C=O) groups is 2. The highest BCUT2D eigenvalue weighted by molar-refractivity contribution is 5.96. The predicted octanol–water partition coefficient (Wildman–Crippen LogP) is 4.17. The molecule has 1 fully saturated rings. The molecule has 2 amide bonds. The highest BCUT2D eigenvalue weighted by Crippen LogP contribution is 2.43. The number of pyridine rings is 2. The van der Waals surface area contributed by atoms with Crippen molar-refractivity contribution in [3.05, 3.63) is 60.0 Å². The number of amides is 2. The highest BCUT2D eigenvalue weighted by Gasteiger charge is 2.26. The molecular weight excluding hydrogens is 418 g/mol. The maximum absolute atomic E-state index is 12.3. The Morgan fingerprint density at radius 2 is 2.00 bits per heavy atom. The van der Waals surface area contributed by atoms with E-state index in [-0.39, 0.29) is 17.9 Å². The number of benzene rings is 1. The molecule has 0 bridgehead atoms. The Morgan fingerprint density at radius 1 is 1.15 bits per heavy atom. The molecule has 1 N–H and O–H groups in total. The summed E-state index contributed by atoms with van der Waals surface area (Å²) in [6, 6.07) is 9.39. The van der Waals surface area contributed by atoms with Crippen molar-refractivity contribution in [2.45, 2.75) is 25.9 Å². The molecule has 1 atom stereocenters. The van der Waals surface area contributed by atoms with Gasteiger partial charge in [-0.25, -0.2) is 4.98 Å². The van der Waals surface area contributed by atoms with E-state index in [0.29, 0.717) is 23.6 Å². The second kappa shape index (κ2) is 8.20. The molecule has 33 heavy (non-hydrogen) atoms. The summed E-state index contributed by atoms with van der Waals surface area (Å²) in [5, 5.41) is 3.30. The van der Waals surface area contributed by atoms with E-state index in [2.05, 4.69) is 15.3 Å². The Hall–Kier alpha value is -3.94. The third-order valence-electron chi connectivity index (χ3n) is 5.98. The topological polar surface area (TPSA) is 87.7 Å². The van der Waals surface area contributed by atoms with Crippen molar-refractivity contribution >= 4 is 29.0 Å². The molecule has 5 rings (SSSR count). The summed E-state index contributed by atoms with van der Waals surface area (Å²) in [4.78, 5) is 36.6. The van der Waals surface area contributed by atoms with E-state index >= 15 is 0 Å². The molecule has 2 aliphatic heterocycles. The third-order valence-corrected chi connectivity index (χ3v) is 5.98. The number of rotatable bonds is 4. The molecule has 168 valence electrons. The van der Waals surface area contributed by atoms with Crippen LogP contribution in [0.3, 0.4) is 0 Å². The first kappa shape index (κ1) is 20.9. The van der Waals surface area contributed by atoms with Crippen molar-refractivity contribution in [1.29, 1.82) is 0 Å². The fourth-order valence-corrected chi connectivity index (χ4v) is 4.30. The van der Waals surface area contributed by atoms with Crippen LogP contribution in [0.25, 0.3) is 11.1 Å². The van der Waals surface area contributed by atoms with Crippen LogP contribution in [0.2, 0.25) is 0 Å². The summed E-state index contributed by atoms with van der Waals surface area (Å²) < 4.78 is 6.15. The fraction of sp³-hybridized carbons (Fsp3) is 0.280. The van der Waals surface area contributed by atoms with Crippen LogP contribution in [0.15, 0.2) is 48.9 Å². The van der Waals surface area contributed by atoms with E-state index < -0.39 is 0 Å². The quantitative estimate of drug-likeness (QED) is 0.651. The monoisotopic (exact) mass is 443 g/mol. The van der Waals surface area contributed by atoms with Gasteiger partial charge in [-0.05, 0) is 43.7 Å². The van der Waals surface area contributed by atoms with Crippen LogP contribution in [0.4, 0.5) is 17.2 Å². The molecular formula is C25H25N5O3. The normalized spacial score (nSPS) is 16.6. The van der Waals surface area contributed by atoms with Crippen molar-refractivity contribution in [2.24, 2.45) is 0 Å². The smallest absolute Gasteiger partial charge is 0.253 e. The molecule has 0 spiro atoms. The van der Waals surface area contributed by atoms with Crippen LogP contribution in [0.1, 0.15) is 41.8 Å². The highest BCUT2D eigenvalue weighted by atomic mass is 16.5. The SMILES string of the molecule is CC1Oc2cc(C(=O)N(C)C)ccc2-c2cnc(Nc3cncc(N4CCCC4=O)c3)cc21. The van der Waals surface area contributed by atoms with Crippen molar-refractivity contribution < 1.29 is 14.3 Å². The van der Waals surface area contributed by atoms with Gasteiger partial charge in [0.05, 0.1) is 23.8 Å². The number of fused-ring (bicyclic) bond motifs is 3. The van der Waals surface area contributed by atoms with Crippen LogP contribution >= 0.6 is 0 Å². The Kier molecular flexibility index (Phi) is 5.20. The molecule has 1 unspecified atom stereocenters. The van der Waals surface area contributed by atoms with E-state index in [0.717, 1.165) is 41.0 Å². The lowest BCUT2D eigenvalue weighted by atomic mass is 9.94. The number of nitrogens with zero attached hydrogens (tertiary/aromatic N) is 4. The molecule has 0 aliphatic carbocycles. The summed E-state index contributed by atoms with van der Waals surface area (Å²) >= 11 is 0. The minimum atomic E-state index is -0.201. The third kappa shape index (κ3) is 3.88. The first-order chi connectivity index (χ1) is 15.9. The molecule has 4 heterocycles. The van der Waals surface area contributed by atoms with Gasteiger partial charge in [0, 0.05) is 55.5 Å². The number of nitrogens with one attached hydrogen (secondary N) is 1. The maximum Gasteiger partial charge on any atom is 0.253 e. The lowest BCUT2D eigenvalue weighted by Crippen LogP contribution is -2.23. The minimum absolute atomic E-state index is 0.0657. The number of carbonyl (C=O) groups excluding carboxylic acids is 2. The zero-order valence-electron chi connectivity index (χ0n) is 18.8. The minimum Gasteiger partial charge on any atom is -0.485 e. The van der Waals surface area contributed by atoms with Gasteiger partial charge in [-0.1, -0.05) is 0 Å². The van der Waals surface area contributed by atoms with Crippen LogP contribution < -0.4 is 15.0 Å². The second-order valence-electron chi connectivity index (χ2n) is 8.53. The molecule has 8 heteroatoms. The lowest BCUT2D eigenvalue weighted by molar-refractivity contribution is -0.117. The lowest BCUT2D eigenvalue weighted by Gasteiger charge is -2.27. The van der Waals surface area contributed by atoms with Gasteiger partial charge in [-0.2, -0.15) is 0 Å². The zero-order chi connectivity index (χ0) is 23.1. The Morgan fingerprint density at radius 3 is 2.76 bits per heavy atom. The Bertz CT molecular complexity index is 1260. The van der Waals surface area contributed by atoms with Gasteiger partial charge in [-0.3, -0.25) is 14.6 Å². The van der Waals surface area contributed by atoms with Crippen molar-refractivity contribution in [2.75, 3.05) is 30.9 Å². The van der Waals surface area contributed by atoms with Gasteiger partial charge in [0.15, 0.2) is 0 Å². The number of hydrogen-bond donors (Lipinski definition) is 1. The van der Waals surface area contributed by atoms with Gasteiger partial charge in [0.1, 0.15) is 17.7 Å². The summed E-state index contributed by atoms with van der Waals surface area (Å²) in [7, 11) is 3.46. The molecule has 0 saturated carbocycles. The first-order valence-electron chi connectivity index (χ1n) is 11.0. The van der Waals surface area contributed by atoms with Crippen LogP contribution in [-0.4, -0.2) is 47.3 Å². The standard InChI is InChI=1S/C25H25N5O3/c1-15-20-11-23(28-17-10-18(13-26-12-17)30-8-4-5-24(30)31)27-14-21(20)19-7-6-16(9-22(19)33-15)25(32)29(2)3/h6-7,9-15H,4-5,8H2,1-3H3,(H,27,28). The van der Waals surface area contributed by atoms with E-state index in [1.165, 1.54) is 0 Å². The average molecular weight is 444 g/mol. The number of anilines is 3. The molecule has 2 aromatic heterocycles. The summed E-state index contributed by atoms with van der Waals surface area (Å²) in [5.41, 5.74) is 5.03. The van der Waals surface area contributed by atoms with Gasteiger partial charge >= 0.3 is 0 Å².